The number of amides is 1. The average molecular weight is 315 g/mol. The van der Waals surface area contributed by atoms with Crippen LogP contribution >= 0.6 is 11.6 Å². The minimum absolute atomic E-state index is 0.000817. The molecule has 0 heterocycles. The molecule has 0 saturated carbocycles. The van der Waals surface area contributed by atoms with Gasteiger partial charge in [0.05, 0.1) is 0 Å². The van der Waals surface area contributed by atoms with E-state index in [1.54, 1.807) is 39.0 Å². The van der Waals surface area contributed by atoms with Gasteiger partial charge in [-0.1, -0.05) is 48.8 Å². The van der Waals surface area contributed by atoms with E-state index in [9.17, 15) is 4.79 Å². The highest BCUT2D eigenvalue weighted by molar-refractivity contribution is 6.69. The summed E-state index contributed by atoms with van der Waals surface area (Å²) in [5.41, 5.74) is 0.872. The molecule has 5 nitrogen and oxygen atoms in total. The second-order valence-corrected chi connectivity index (χ2v) is 5.30. The molecule has 0 atom stereocenters. The SMILES string of the molecule is CC.CC(C)(C)OC(=O)NCc1cccc(/C(Cl)=N/O)c1. The summed E-state index contributed by atoms with van der Waals surface area (Å²) in [6.45, 7) is 9.69. The Morgan fingerprint density at radius 3 is 2.52 bits per heavy atom. The fourth-order valence-corrected chi connectivity index (χ4v) is 1.47. The lowest BCUT2D eigenvalue weighted by Gasteiger charge is -2.19. The van der Waals surface area contributed by atoms with Crippen LogP contribution in [0.1, 0.15) is 45.7 Å². The van der Waals surface area contributed by atoms with Crippen molar-refractivity contribution in [3.8, 4) is 0 Å². The quantitative estimate of drug-likeness (QED) is 0.501. The predicted molar refractivity (Wildman–Crippen MR) is 85.0 cm³/mol. The molecule has 0 aliphatic rings. The molecule has 0 saturated heterocycles. The minimum atomic E-state index is -0.529. The van der Waals surface area contributed by atoms with Gasteiger partial charge in [-0.25, -0.2) is 4.79 Å². The van der Waals surface area contributed by atoms with E-state index in [0.29, 0.717) is 12.1 Å². The van der Waals surface area contributed by atoms with Gasteiger partial charge in [-0.2, -0.15) is 0 Å². The van der Waals surface area contributed by atoms with Crippen LogP contribution in [0.3, 0.4) is 0 Å². The molecular weight excluding hydrogens is 292 g/mol. The highest BCUT2D eigenvalue weighted by Gasteiger charge is 2.15. The van der Waals surface area contributed by atoms with Crippen LogP contribution in [0.25, 0.3) is 0 Å². The number of nitrogens with zero attached hydrogens (tertiary/aromatic N) is 1. The van der Waals surface area contributed by atoms with Gasteiger partial charge in [0.2, 0.25) is 0 Å². The van der Waals surface area contributed by atoms with Crippen LogP contribution in [0.5, 0.6) is 0 Å². The molecular formula is C15H23ClN2O3. The first kappa shape index (κ1) is 19.2. The smallest absolute Gasteiger partial charge is 0.407 e. The predicted octanol–water partition coefficient (Wildman–Crippen LogP) is 4.11. The van der Waals surface area contributed by atoms with Gasteiger partial charge in [-0.15, -0.1) is 0 Å². The molecule has 0 unspecified atom stereocenters. The van der Waals surface area contributed by atoms with Crippen LogP contribution in [0.2, 0.25) is 0 Å². The number of carbonyl (C=O) groups is 1. The zero-order valence-electron chi connectivity index (χ0n) is 13.1. The average Bonchev–Trinajstić information content (AvgIpc) is 2.45. The number of ether oxygens (including phenoxy) is 1. The number of halogens is 1. The van der Waals surface area contributed by atoms with Crippen molar-refractivity contribution in [1.82, 2.24) is 5.32 Å². The molecule has 0 aliphatic carbocycles. The number of alkyl carbamates (subject to hydrolysis) is 1. The van der Waals surface area contributed by atoms with E-state index in [-0.39, 0.29) is 5.17 Å². The molecule has 0 radical (unpaired) electrons. The third-order valence-corrected chi connectivity index (χ3v) is 2.38. The van der Waals surface area contributed by atoms with Crippen molar-refractivity contribution in [2.45, 2.75) is 46.8 Å². The fourth-order valence-electron chi connectivity index (χ4n) is 1.36. The Hall–Kier alpha value is -1.75. The third-order valence-electron chi connectivity index (χ3n) is 2.09. The van der Waals surface area contributed by atoms with Crippen molar-refractivity contribution in [2.24, 2.45) is 5.16 Å². The van der Waals surface area contributed by atoms with E-state index in [2.05, 4.69) is 10.5 Å². The first-order valence-electron chi connectivity index (χ1n) is 6.75. The molecule has 1 rings (SSSR count). The second-order valence-electron chi connectivity index (χ2n) is 4.95. The molecule has 0 bridgehead atoms. The van der Waals surface area contributed by atoms with Gasteiger partial charge >= 0.3 is 6.09 Å². The lowest BCUT2D eigenvalue weighted by atomic mass is 10.1. The number of hydrogen-bond acceptors (Lipinski definition) is 4. The van der Waals surface area contributed by atoms with E-state index < -0.39 is 11.7 Å². The maximum atomic E-state index is 11.5. The second kappa shape index (κ2) is 9.23. The lowest BCUT2D eigenvalue weighted by Crippen LogP contribution is -2.32. The highest BCUT2D eigenvalue weighted by Crippen LogP contribution is 2.10. The van der Waals surface area contributed by atoms with Gasteiger partial charge in [-0.3, -0.25) is 0 Å². The first-order chi connectivity index (χ1) is 9.81. The number of benzene rings is 1. The van der Waals surface area contributed by atoms with E-state index in [1.165, 1.54) is 0 Å². The van der Waals surface area contributed by atoms with Crippen molar-refractivity contribution in [3.05, 3.63) is 35.4 Å². The summed E-state index contributed by atoms with van der Waals surface area (Å²) in [7, 11) is 0. The monoisotopic (exact) mass is 314 g/mol. The first-order valence-corrected chi connectivity index (χ1v) is 7.13. The molecule has 118 valence electrons. The summed E-state index contributed by atoms with van der Waals surface area (Å²) in [6.07, 6.45) is -0.486. The van der Waals surface area contributed by atoms with Crippen LogP contribution < -0.4 is 5.32 Å². The normalized spacial score (nSPS) is 11.2. The van der Waals surface area contributed by atoms with E-state index in [0.717, 1.165) is 5.56 Å². The summed E-state index contributed by atoms with van der Waals surface area (Å²) < 4.78 is 5.12. The van der Waals surface area contributed by atoms with Crippen molar-refractivity contribution in [1.29, 1.82) is 0 Å². The lowest BCUT2D eigenvalue weighted by molar-refractivity contribution is 0.0523. The van der Waals surface area contributed by atoms with Crippen LogP contribution in [0.4, 0.5) is 4.79 Å². The number of hydrogen-bond donors (Lipinski definition) is 2. The minimum Gasteiger partial charge on any atom is -0.444 e. The topological polar surface area (TPSA) is 70.9 Å². The Labute approximate surface area is 130 Å². The number of rotatable bonds is 3. The molecule has 21 heavy (non-hydrogen) atoms. The third kappa shape index (κ3) is 8.19. The van der Waals surface area contributed by atoms with Gasteiger partial charge in [0, 0.05) is 12.1 Å². The van der Waals surface area contributed by atoms with Crippen molar-refractivity contribution in [2.75, 3.05) is 0 Å². The summed E-state index contributed by atoms with van der Waals surface area (Å²) in [4.78, 5) is 11.5. The van der Waals surface area contributed by atoms with E-state index in [4.69, 9.17) is 21.5 Å². The number of carbonyl (C=O) groups excluding carboxylic acids is 1. The van der Waals surface area contributed by atoms with Crippen LogP contribution in [-0.4, -0.2) is 22.1 Å². The summed E-state index contributed by atoms with van der Waals surface area (Å²) in [6, 6.07) is 7.01. The van der Waals surface area contributed by atoms with Crippen LogP contribution in [-0.2, 0) is 11.3 Å². The highest BCUT2D eigenvalue weighted by atomic mass is 35.5. The standard InChI is InChI=1S/C13H17ClN2O3.C2H6/c1-13(2,3)19-12(17)15-8-9-5-4-6-10(7-9)11(14)16-18;1-2/h4-7,18H,8H2,1-3H3,(H,15,17);1-2H3/b16-11-;. The van der Waals surface area contributed by atoms with Crippen LogP contribution in [0.15, 0.2) is 29.4 Å². The molecule has 6 heteroatoms. The maximum absolute atomic E-state index is 11.5. The van der Waals surface area contributed by atoms with Crippen molar-refractivity contribution < 1.29 is 14.7 Å². The molecule has 1 aromatic rings. The van der Waals surface area contributed by atoms with Gasteiger partial charge in [-0.05, 0) is 32.4 Å². The number of oxime groups is 1. The van der Waals surface area contributed by atoms with Crippen molar-refractivity contribution >= 4 is 22.9 Å². The Kier molecular flexibility index (Phi) is 8.47. The van der Waals surface area contributed by atoms with Gasteiger partial charge in [0.1, 0.15) is 5.60 Å². The molecule has 0 spiro atoms. The van der Waals surface area contributed by atoms with Crippen LogP contribution in [0, 0.1) is 0 Å². The van der Waals surface area contributed by atoms with E-state index in [1.807, 2.05) is 19.9 Å². The fraction of sp³-hybridized carbons (Fsp3) is 0.467. The summed E-state index contributed by atoms with van der Waals surface area (Å²) >= 11 is 5.70. The molecule has 1 aromatic carbocycles. The Morgan fingerprint density at radius 2 is 2.00 bits per heavy atom. The molecule has 0 fully saturated rings. The summed E-state index contributed by atoms with van der Waals surface area (Å²) in [5, 5.41) is 14.1. The summed E-state index contributed by atoms with van der Waals surface area (Å²) in [5.74, 6) is 0. The van der Waals surface area contributed by atoms with E-state index >= 15 is 0 Å². The Bertz CT molecular complexity index is 482. The van der Waals surface area contributed by atoms with Crippen molar-refractivity contribution in [3.63, 3.8) is 0 Å². The molecule has 0 aromatic heterocycles. The molecule has 2 N–H and O–H groups in total. The van der Waals surface area contributed by atoms with Gasteiger partial charge in [0.25, 0.3) is 0 Å². The Balaban J connectivity index is 0.00000191. The number of nitrogens with one attached hydrogen (secondary N) is 1. The Morgan fingerprint density at radius 1 is 1.38 bits per heavy atom. The molecule has 0 aliphatic heterocycles. The zero-order chi connectivity index (χ0) is 16.5. The zero-order valence-corrected chi connectivity index (χ0v) is 13.9. The molecule has 1 amide bonds. The van der Waals surface area contributed by atoms with Gasteiger partial charge in [0.15, 0.2) is 5.17 Å². The largest absolute Gasteiger partial charge is 0.444 e. The van der Waals surface area contributed by atoms with Gasteiger partial charge < -0.3 is 15.3 Å². The maximum Gasteiger partial charge on any atom is 0.407 e.